The van der Waals surface area contributed by atoms with Crippen molar-refractivity contribution in [1.82, 2.24) is 19.6 Å². The summed E-state index contributed by atoms with van der Waals surface area (Å²) in [5.74, 6) is -0.748. The summed E-state index contributed by atoms with van der Waals surface area (Å²) in [5, 5.41) is 13.6. The smallest absolute Gasteiger partial charge is 0.322 e. The molecule has 1 atom stereocenters. The van der Waals surface area contributed by atoms with Crippen LogP contribution in [0.5, 0.6) is 0 Å². The van der Waals surface area contributed by atoms with Gasteiger partial charge in [-0.1, -0.05) is 24.3 Å². The quantitative estimate of drug-likeness (QED) is 0.896. The zero-order valence-corrected chi connectivity index (χ0v) is 13.3. The zero-order chi connectivity index (χ0) is 16.2. The van der Waals surface area contributed by atoms with E-state index in [4.69, 9.17) is 0 Å². The number of benzene rings is 1. The van der Waals surface area contributed by atoms with Gasteiger partial charge in [0.05, 0.1) is 6.54 Å². The van der Waals surface area contributed by atoms with Gasteiger partial charge in [-0.15, -0.1) is 0 Å². The third-order valence-electron chi connectivity index (χ3n) is 4.42. The Labute approximate surface area is 135 Å². The predicted molar refractivity (Wildman–Crippen MR) is 87.1 cm³/mol. The molecular formula is C17H22N4O2. The number of aromatic nitrogens is 2. The molecule has 1 fully saturated rings. The summed E-state index contributed by atoms with van der Waals surface area (Å²) >= 11 is 0. The van der Waals surface area contributed by atoms with Crippen molar-refractivity contribution in [2.75, 3.05) is 26.7 Å². The lowest BCUT2D eigenvalue weighted by atomic mass is 10.1. The molecule has 0 aliphatic carbocycles. The largest absolute Gasteiger partial charge is 0.480 e. The lowest BCUT2D eigenvalue weighted by Crippen LogP contribution is -2.54. The van der Waals surface area contributed by atoms with E-state index >= 15 is 0 Å². The highest BCUT2D eigenvalue weighted by atomic mass is 16.4. The molecule has 0 bridgehead atoms. The maximum atomic E-state index is 11.4. The van der Waals surface area contributed by atoms with Crippen LogP contribution in [0.15, 0.2) is 42.7 Å². The molecule has 0 radical (unpaired) electrons. The van der Waals surface area contributed by atoms with Crippen molar-refractivity contribution in [2.45, 2.75) is 19.1 Å². The highest BCUT2D eigenvalue weighted by molar-refractivity contribution is 5.73. The number of aliphatic carboxylic acids is 1. The molecule has 1 aliphatic heterocycles. The topological polar surface area (TPSA) is 61.6 Å². The van der Waals surface area contributed by atoms with Crippen molar-refractivity contribution in [2.24, 2.45) is 0 Å². The van der Waals surface area contributed by atoms with Crippen LogP contribution in [0.4, 0.5) is 0 Å². The van der Waals surface area contributed by atoms with Crippen molar-refractivity contribution in [3.05, 3.63) is 53.9 Å². The molecular weight excluding hydrogens is 292 g/mol. The minimum absolute atomic E-state index is 0.429. The lowest BCUT2D eigenvalue weighted by molar-refractivity contribution is -0.145. The maximum Gasteiger partial charge on any atom is 0.322 e. The Bertz CT molecular complexity index is 656. The van der Waals surface area contributed by atoms with Crippen LogP contribution in [0.1, 0.15) is 11.1 Å². The van der Waals surface area contributed by atoms with Crippen LogP contribution in [0, 0.1) is 0 Å². The Morgan fingerprint density at radius 2 is 1.96 bits per heavy atom. The van der Waals surface area contributed by atoms with Crippen molar-refractivity contribution >= 4 is 5.97 Å². The van der Waals surface area contributed by atoms with Gasteiger partial charge >= 0.3 is 5.97 Å². The molecule has 1 saturated heterocycles. The molecule has 1 aromatic carbocycles. The first-order valence-electron chi connectivity index (χ1n) is 7.83. The van der Waals surface area contributed by atoms with Crippen LogP contribution in [0.2, 0.25) is 0 Å². The zero-order valence-electron chi connectivity index (χ0n) is 13.3. The van der Waals surface area contributed by atoms with E-state index in [1.807, 2.05) is 41.0 Å². The minimum atomic E-state index is -0.748. The minimum Gasteiger partial charge on any atom is -0.480 e. The van der Waals surface area contributed by atoms with Gasteiger partial charge in [-0.25, -0.2) is 0 Å². The fraction of sp³-hybridized carbons (Fsp3) is 0.412. The Hall–Kier alpha value is -2.18. The molecule has 0 spiro atoms. The molecule has 1 N–H and O–H groups in total. The fourth-order valence-electron chi connectivity index (χ4n) is 3.02. The second kappa shape index (κ2) is 6.93. The summed E-state index contributed by atoms with van der Waals surface area (Å²) in [6, 6.07) is 9.79. The van der Waals surface area contributed by atoms with Gasteiger partial charge in [0.25, 0.3) is 0 Å². The number of carbonyl (C=O) groups is 1. The Kier molecular flexibility index (Phi) is 4.73. The Morgan fingerprint density at radius 3 is 2.61 bits per heavy atom. The predicted octanol–water partition coefficient (Wildman–Crippen LogP) is 1.13. The first kappa shape index (κ1) is 15.7. The first-order chi connectivity index (χ1) is 11.1. The summed E-state index contributed by atoms with van der Waals surface area (Å²) in [4.78, 5) is 15.5. The molecule has 23 heavy (non-hydrogen) atoms. The average Bonchev–Trinajstić information content (AvgIpc) is 3.04. The summed E-state index contributed by atoms with van der Waals surface area (Å²) in [7, 11) is 1.88. The molecule has 0 unspecified atom stereocenters. The number of hydrogen-bond donors (Lipinski definition) is 1. The van der Waals surface area contributed by atoms with Crippen molar-refractivity contribution in [1.29, 1.82) is 0 Å². The fourth-order valence-corrected chi connectivity index (χ4v) is 3.02. The van der Waals surface area contributed by atoms with Gasteiger partial charge in [0.1, 0.15) is 6.04 Å². The number of hydrogen-bond acceptors (Lipinski definition) is 4. The van der Waals surface area contributed by atoms with Gasteiger partial charge in [0.2, 0.25) is 0 Å². The number of likely N-dealkylation sites (N-methyl/N-ethyl adjacent to an activating group) is 1. The van der Waals surface area contributed by atoms with E-state index in [1.54, 1.807) is 6.20 Å². The maximum absolute atomic E-state index is 11.4. The average molecular weight is 314 g/mol. The lowest BCUT2D eigenvalue weighted by Gasteiger charge is -2.37. The summed E-state index contributed by atoms with van der Waals surface area (Å²) in [5.41, 5.74) is 2.46. The summed E-state index contributed by atoms with van der Waals surface area (Å²) in [6.07, 6.45) is 3.73. The van der Waals surface area contributed by atoms with Gasteiger partial charge < -0.3 is 5.11 Å². The number of carboxylic acid groups (broad SMARTS) is 1. The van der Waals surface area contributed by atoms with E-state index in [0.717, 1.165) is 26.2 Å². The van der Waals surface area contributed by atoms with Crippen LogP contribution < -0.4 is 0 Å². The molecule has 6 nitrogen and oxygen atoms in total. The van der Waals surface area contributed by atoms with Crippen molar-refractivity contribution in [3.8, 4) is 0 Å². The molecule has 0 amide bonds. The second-order valence-electron chi connectivity index (χ2n) is 6.04. The van der Waals surface area contributed by atoms with E-state index in [-0.39, 0.29) is 0 Å². The van der Waals surface area contributed by atoms with Crippen molar-refractivity contribution < 1.29 is 9.90 Å². The van der Waals surface area contributed by atoms with Crippen LogP contribution in [-0.2, 0) is 17.9 Å². The van der Waals surface area contributed by atoms with Gasteiger partial charge in [0, 0.05) is 38.6 Å². The van der Waals surface area contributed by atoms with Gasteiger partial charge in [0.15, 0.2) is 0 Å². The molecule has 2 aromatic rings. The molecule has 0 saturated carbocycles. The second-order valence-corrected chi connectivity index (χ2v) is 6.04. The van der Waals surface area contributed by atoms with Gasteiger partial charge in [-0.05, 0) is 24.2 Å². The highest BCUT2D eigenvalue weighted by Crippen LogP contribution is 2.16. The number of nitrogens with zero attached hydrogens (tertiary/aromatic N) is 4. The van der Waals surface area contributed by atoms with E-state index in [1.165, 1.54) is 11.1 Å². The Balaban J connectivity index is 1.71. The third-order valence-corrected chi connectivity index (χ3v) is 4.42. The molecule has 1 aromatic heterocycles. The molecule has 3 rings (SSSR count). The Morgan fingerprint density at radius 1 is 1.22 bits per heavy atom. The van der Waals surface area contributed by atoms with Crippen molar-refractivity contribution in [3.63, 3.8) is 0 Å². The molecule has 2 heterocycles. The molecule has 6 heteroatoms. The normalized spacial score (nSPS) is 19.8. The number of carboxylic acids is 1. The van der Waals surface area contributed by atoms with E-state index in [2.05, 4.69) is 22.1 Å². The van der Waals surface area contributed by atoms with E-state index < -0.39 is 12.0 Å². The van der Waals surface area contributed by atoms with E-state index in [0.29, 0.717) is 6.54 Å². The number of rotatable bonds is 5. The highest BCUT2D eigenvalue weighted by Gasteiger charge is 2.29. The standard InChI is InChI=1S/C17H22N4O2/c1-19-9-10-20(13-16(19)17(22)23)11-14-5-2-3-6-15(14)12-21-8-4-7-18-21/h2-8,16H,9-13H2,1H3,(H,22,23)/t16-/m0/s1. The summed E-state index contributed by atoms with van der Waals surface area (Å²) < 4.78 is 1.91. The summed E-state index contributed by atoms with van der Waals surface area (Å²) in [6.45, 7) is 3.73. The number of piperazine rings is 1. The van der Waals surface area contributed by atoms with Gasteiger partial charge in [-0.3, -0.25) is 19.3 Å². The molecule has 122 valence electrons. The monoisotopic (exact) mass is 314 g/mol. The van der Waals surface area contributed by atoms with E-state index in [9.17, 15) is 9.90 Å². The van der Waals surface area contributed by atoms with Crippen LogP contribution >= 0.6 is 0 Å². The van der Waals surface area contributed by atoms with Crippen LogP contribution in [0.25, 0.3) is 0 Å². The van der Waals surface area contributed by atoms with Gasteiger partial charge in [-0.2, -0.15) is 5.10 Å². The van der Waals surface area contributed by atoms with Crippen LogP contribution in [0.3, 0.4) is 0 Å². The SMILES string of the molecule is CN1CCN(Cc2ccccc2Cn2cccn2)C[C@H]1C(=O)O. The van der Waals surface area contributed by atoms with Crippen LogP contribution in [-0.4, -0.2) is 63.4 Å². The molecule has 1 aliphatic rings. The third kappa shape index (κ3) is 3.78. The first-order valence-corrected chi connectivity index (χ1v) is 7.83.